The molecule has 0 spiro atoms. The molecule has 2 heterocycles. The zero-order valence-electron chi connectivity index (χ0n) is 19.2. The van der Waals surface area contributed by atoms with E-state index in [-0.39, 0.29) is 11.9 Å². The van der Waals surface area contributed by atoms with Gasteiger partial charge in [-0.05, 0) is 28.8 Å². The van der Waals surface area contributed by atoms with Gasteiger partial charge in [0, 0.05) is 44.2 Å². The molecule has 1 amide bonds. The van der Waals surface area contributed by atoms with Crippen LogP contribution in [-0.4, -0.2) is 59.2 Å². The van der Waals surface area contributed by atoms with Crippen molar-refractivity contribution in [2.75, 3.05) is 32.7 Å². The number of hydrazone groups is 1. The Morgan fingerprint density at radius 3 is 2.12 bits per heavy atom. The van der Waals surface area contributed by atoms with Crippen LogP contribution in [0, 0.1) is 0 Å². The van der Waals surface area contributed by atoms with Crippen LogP contribution in [0.25, 0.3) is 0 Å². The second-order valence-corrected chi connectivity index (χ2v) is 9.40. The molecular weight excluding hydrogens is 444 g/mol. The van der Waals surface area contributed by atoms with E-state index in [9.17, 15) is 4.79 Å². The van der Waals surface area contributed by atoms with Crippen molar-refractivity contribution in [1.29, 1.82) is 0 Å². The normalized spacial score (nSPS) is 19.3. The van der Waals surface area contributed by atoms with E-state index in [2.05, 4.69) is 46.2 Å². The molecular formula is C28H29ClN4O. The van der Waals surface area contributed by atoms with E-state index in [0.29, 0.717) is 18.0 Å². The number of carbonyl (C=O) groups is 1. The lowest BCUT2D eigenvalue weighted by Crippen LogP contribution is -2.49. The van der Waals surface area contributed by atoms with Crippen molar-refractivity contribution < 1.29 is 4.79 Å². The molecule has 0 radical (unpaired) electrons. The molecule has 174 valence electrons. The van der Waals surface area contributed by atoms with Crippen LogP contribution in [0.2, 0.25) is 5.02 Å². The Balaban J connectivity index is 1.25. The number of amides is 1. The van der Waals surface area contributed by atoms with Crippen molar-refractivity contribution in [3.8, 4) is 0 Å². The Bertz CT molecular complexity index is 1130. The molecule has 1 atom stereocenters. The second kappa shape index (κ2) is 10.5. The molecule has 34 heavy (non-hydrogen) atoms. The van der Waals surface area contributed by atoms with Crippen molar-refractivity contribution >= 4 is 23.2 Å². The summed E-state index contributed by atoms with van der Waals surface area (Å²) in [4.78, 5) is 18.2. The van der Waals surface area contributed by atoms with Gasteiger partial charge in [0.2, 0.25) is 0 Å². The Labute approximate surface area is 206 Å². The van der Waals surface area contributed by atoms with Gasteiger partial charge in [0.25, 0.3) is 5.91 Å². The number of hydrogen-bond donors (Lipinski definition) is 0. The van der Waals surface area contributed by atoms with Gasteiger partial charge in [-0.1, -0.05) is 84.4 Å². The summed E-state index contributed by atoms with van der Waals surface area (Å²) >= 11 is 6.11. The lowest BCUT2D eigenvalue weighted by atomic mass is 9.98. The van der Waals surface area contributed by atoms with E-state index >= 15 is 0 Å². The Hall–Kier alpha value is -2.99. The van der Waals surface area contributed by atoms with E-state index in [0.717, 1.165) is 49.6 Å². The highest BCUT2D eigenvalue weighted by molar-refractivity contribution is 6.30. The van der Waals surface area contributed by atoms with Crippen LogP contribution in [0.3, 0.4) is 0 Å². The molecule has 0 bridgehead atoms. The minimum Gasteiger partial charge on any atom is -0.297 e. The lowest BCUT2D eigenvalue weighted by Gasteiger charge is -2.35. The van der Waals surface area contributed by atoms with E-state index < -0.39 is 0 Å². The minimum atomic E-state index is -0.112. The third kappa shape index (κ3) is 5.39. The van der Waals surface area contributed by atoms with Gasteiger partial charge in [-0.3, -0.25) is 14.6 Å². The predicted octanol–water partition coefficient (Wildman–Crippen LogP) is 4.84. The molecule has 3 aromatic carbocycles. The molecule has 5 nitrogen and oxygen atoms in total. The Morgan fingerprint density at radius 1 is 0.824 bits per heavy atom. The molecule has 0 N–H and O–H groups in total. The average molecular weight is 473 g/mol. The number of benzene rings is 3. The van der Waals surface area contributed by atoms with Crippen LogP contribution in [0.1, 0.15) is 29.2 Å². The van der Waals surface area contributed by atoms with E-state index in [1.807, 2.05) is 48.5 Å². The summed E-state index contributed by atoms with van der Waals surface area (Å²) in [5.74, 6) is 0.0439. The molecule has 0 aromatic heterocycles. The standard InChI is InChI=1S/C28H29ClN4O/c29-25-13-11-24(12-14-25)27-19-26(23-9-5-2-6-10-23)30-33(27)28(34)21-32-17-15-31(16-18-32)20-22-7-3-1-4-8-22/h1-14,27H,15-21H2/t27-/m1/s1. The zero-order valence-corrected chi connectivity index (χ0v) is 19.9. The van der Waals surface area contributed by atoms with Gasteiger partial charge in [0.15, 0.2) is 0 Å². The largest absolute Gasteiger partial charge is 0.297 e. The molecule has 2 aliphatic heterocycles. The first kappa shape index (κ1) is 22.8. The molecule has 1 saturated heterocycles. The fourth-order valence-corrected chi connectivity index (χ4v) is 4.83. The molecule has 1 fully saturated rings. The quantitative estimate of drug-likeness (QED) is 0.515. The molecule has 0 saturated carbocycles. The summed E-state index contributed by atoms with van der Waals surface area (Å²) in [6.07, 6.45) is 0.697. The minimum absolute atomic E-state index is 0.0439. The maximum Gasteiger partial charge on any atom is 0.257 e. The highest BCUT2D eigenvalue weighted by Gasteiger charge is 2.34. The zero-order chi connectivity index (χ0) is 23.3. The summed E-state index contributed by atoms with van der Waals surface area (Å²) in [5, 5.41) is 7.19. The van der Waals surface area contributed by atoms with Crippen molar-refractivity contribution in [3.63, 3.8) is 0 Å². The fraction of sp³-hybridized carbons (Fsp3) is 0.286. The van der Waals surface area contributed by atoms with Gasteiger partial charge in [-0.2, -0.15) is 5.10 Å². The number of hydrogen-bond acceptors (Lipinski definition) is 4. The fourth-order valence-electron chi connectivity index (χ4n) is 4.70. The van der Waals surface area contributed by atoms with E-state index in [1.165, 1.54) is 5.56 Å². The molecule has 2 aliphatic rings. The van der Waals surface area contributed by atoms with Gasteiger partial charge >= 0.3 is 0 Å². The number of nitrogens with zero attached hydrogens (tertiary/aromatic N) is 4. The third-order valence-corrected chi connectivity index (χ3v) is 6.85. The summed E-state index contributed by atoms with van der Waals surface area (Å²) in [7, 11) is 0. The van der Waals surface area contributed by atoms with Gasteiger partial charge in [-0.15, -0.1) is 0 Å². The highest BCUT2D eigenvalue weighted by Crippen LogP contribution is 2.33. The van der Waals surface area contributed by atoms with Gasteiger partial charge in [0.1, 0.15) is 0 Å². The van der Waals surface area contributed by atoms with Crippen LogP contribution >= 0.6 is 11.6 Å². The smallest absolute Gasteiger partial charge is 0.257 e. The van der Waals surface area contributed by atoms with Gasteiger partial charge in [0.05, 0.1) is 18.3 Å². The first-order valence-electron chi connectivity index (χ1n) is 11.8. The molecule has 3 aromatic rings. The molecule has 0 aliphatic carbocycles. The Kier molecular flexibility index (Phi) is 7.05. The van der Waals surface area contributed by atoms with Crippen LogP contribution in [0.15, 0.2) is 90.0 Å². The Morgan fingerprint density at radius 2 is 1.44 bits per heavy atom. The van der Waals surface area contributed by atoms with Gasteiger partial charge in [-0.25, -0.2) is 5.01 Å². The summed E-state index contributed by atoms with van der Waals surface area (Å²) in [6, 6.07) is 28.3. The van der Waals surface area contributed by atoms with Crippen LogP contribution in [0.5, 0.6) is 0 Å². The SMILES string of the molecule is O=C(CN1CCN(Cc2ccccc2)CC1)N1N=C(c2ccccc2)C[C@@H]1c1ccc(Cl)cc1. The first-order valence-corrected chi connectivity index (χ1v) is 12.2. The average Bonchev–Trinajstić information content (AvgIpc) is 3.33. The molecule has 5 rings (SSSR count). The van der Waals surface area contributed by atoms with Crippen molar-refractivity contribution in [2.45, 2.75) is 19.0 Å². The summed E-state index contributed by atoms with van der Waals surface area (Å²) in [5.41, 5.74) is 4.39. The first-order chi connectivity index (χ1) is 16.7. The maximum absolute atomic E-state index is 13.5. The number of halogens is 1. The predicted molar refractivity (Wildman–Crippen MR) is 137 cm³/mol. The number of piperazine rings is 1. The van der Waals surface area contributed by atoms with Crippen LogP contribution in [0.4, 0.5) is 0 Å². The van der Waals surface area contributed by atoms with Crippen molar-refractivity contribution in [3.05, 3.63) is 107 Å². The monoisotopic (exact) mass is 472 g/mol. The van der Waals surface area contributed by atoms with E-state index in [4.69, 9.17) is 16.7 Å². The van der Waals surface area contributed by atoms with Crippen LogP contribution < -0.4 is 0 Å². The number of carbonyl (C=O) groups excluding carboxylic acids is 1. The number of rotatable bonds is 6. The lowest BCUT2D eigenvalue weighted by molar-refractivity contribution is -0.134. The maximum atomic E-state index is 13.5. The summed E-state index contributed by atoms with van der Waals surface area (Å²) in [6.45, 7) is 5.02. The van der Waals surface area contributed by atoms with Crippen molar-refractivity contribution in [2.24, 2.45) is 5.10 Å². The highest BCUT2D eigenvalue weighted by atomic mass is 35.5. The van der Waals surface area contributed by atoms with Gasteiger partial charge < -0.3 is 0 Å². The summed E-state index contributed by atoms with van der Waals surface area (Å²) < 4.78 is 0. The topological polar surface area (TPSA) is 39.2 Å². The second-order valence-electron chi connectivity index (χ2n) is 8.96. The van der Waals surface area contributed by atoms with Crippen molar-refractivity contribution in [1.82, 2.24) is 14.8 Å². The molecule has 0 unspecified atom stereocenters. The molecule has 6 heteroatoms. The third-order valence-electron chi connectivity index (χ3n) is 6.60. The van der Waals surface area contributed by atoms with E-state index in [1.54, 1.807) is 5.01 Å². The van der Waals surface area contributed by atoms with Crippen LogP contribution in [-0.2, 0) is 11.3 Å².